The number of nitrogens with one attached hydrogen (secondary N) is 2. The van der Waals surface area contributed by atoms with Crippen LogP contribution >= 0.6 is 0 Å². The first-order valence-corrected chi connectivity index (χ1v) is 12.1. The number of aliphatic hydroxyl groups excluding tert-OH is 1. The van der Waals surface area contributed by atoms with Gasteiger partial charge in [0, 0.05) is 24.3 Å². The lowest BCUT2D eigenvalue weighted by Gasteiger charge is -2.23. The zero-order valence-corrected chi connectivity index (χ0v) is 20.2. The molecule has 8 heteroatoms. The SMILES string of the molecule is Nc1ccccc1NC(=O)c1ccc(CN(CCOCCO)C(=O)Nc2ccc3c(c2)CCC3)cc1. The van der Waals surface area contributed by atoms with Crippen LogP contribution in [0.15, 0.2) is 66.7 Å². The molecule has 1 aliphatic rings. The predicted octanol–water partition coefficient (Wildman–Crippen LogP) is 4.05. The van der Waals surface area contributed by atoms with E-state index in [2.05, 4.69) is 16.7 Å². The molecular formula is C28H32N4O4. The highest BCUT2D eigenvalue weighted by Crippen LogP contribution is 2.25. The maximum absolute atomic E-state index is 13.1. The van der Waals surface area contributed by atoms with Gasteiger partial charge >= 0.3 is 6.03 Å². The van der Waals surface area contributed by atoms with E-state index in [1.807, 2.05) is 30.3 Å². The molecule has 3 aromatic rings. The average Bonchev–Trinajstić information content (AvgIpc) is 3.35. The van der Waals surface area contributed by atoms with Crippen molar-refractivity contribution < 1.29 is 19.4 Å². The largest absolute Gasteiger partial charge is 0.397 e. The Morgan fingerprint density at radius 2 is 1.72 bits per heavy atom. The number of nitrogens with two attached hydrogens (primary N) is 1. The van der Waals surface area contributed by atoms with Crippen molar-refractivity contribution >= 4 is 29.0 Å². The van der Waals surface area contributed by atoms with Gasteiger partial charge in [-0.15, -0.1) is 0 Å². The summed E-state index contributed by atoms with van der Waals surface area (Å²) < 4.78 is 5.39. The number of para-hydroxylation sites is 2. The van der Waals surface area contributed by atoms with Gasteiger partial charge in [-0.05, 0) is 72.4 Å². The number of nitrogens with zero attached hydrogens (tertiary/aromatic N) is 1. The topological polar surface area (TPSA) is 117 Å². The number of aryl methyl sites for hydroxylation is 2. The van der Waals surface area contributed by atoms with Crippen molar-refractivity contribution in [1.82, 2.24) is 4.90 Å². The van der Waals surface area contributed by atoms with Gasteiger partial charge in [-0.2, -0.15) is 0 Å². The van der Waals surface area contributed by atoms with E-state index in [0.717, 1.165) is 30.5 Å². The molecule has 8 nitrogen and oxygen atoms in total. The molecule has 3 amide bonds. The highest BCUT2D eigenvalue weighted by molar-refractivity contribution is 6.05. The van der Waals surface area contributed by atoms with Gasteiger partial charge in [0.15, 0.2) is 0 Å². The maximum atomic E-state index is 13.1. The summed E-state index contributed by atoms with van der Waals surface area (Å²) in [6, 6.07) is 20.0. The van der Waals surface area contributed by atoms with E-state index < -0.39 is 0 Å². The van der Waals surface area contributed by atoms with Crippen molar-refractivity contribution in [2.75, 3.05) is 42.7 Å². The van der Waals surface area contributed by atoms with Crippen LogP contribution in [-0.4, -0.2) is 48.3 Å². The van der Waals surface area contributed by atoms with Crippen LogP contribution in [0, 0.1) is 0 Å². The van der Waals surface area contributed by atoms with Crippen LogP contribution in [0.3, 0.4) is 0 Å². The monoisotopic (exact) mass is 488 g/mol. The number of hydrogen-bond donors (Lipinski definition) is 4. The molecule has 0 saturated carbocycles. The number of hydrogen-bond acceptors (Lipinski definition) is 5. The van der Waals surface area contributed by atoms with Crippen LogP contribution < -0.4 is 16.4 Å². The Kier molecular flexibility index (Phi) is 8.54. The third-order valence-electron chi connectivity index (χ3n) is 6.18. The molecular weight excluding hydrogens is 456 g/mol. The molecule has 0 atom stereocenters. The van der Waals surface area contributed by atoms with E-state index in [0.29, 0.717) is 36.6 Å². The zero-order valence-electron chi connectivity index (χ0n) is 20.2. The van der Waals surface area contributed by atoms with Gasteiger partial charge in [-0.3, -0.25) is 4.79 Å². The summed E-state index contributed by atoms with van der Waals surface area (Å²) in [6.45, 7) is 1.14. The first kappa shape index (κ1) is 25.2. The van der Waals surface area contributed by atoms with E-state index in [-0.39, 0.29) is 25.2 Å². The van der Waals surface area contributed by atoms with Crippen LogP contribution in [0.25, 0.3) is 0 Å². The summed E-state index contributed by atoms with van der Waals surface area (Å²) in [5.41, 5.74) is 11.7. The van der Waals surface area contributed by atoms with Crippen LogP contribution in [0.4, 0.5) is 21.9 Å². The Morgan fingerprint density at radius 3 is 2.50 bits per heavy atom. The average molecular weight is 489 g/mol. The lowest BCUT2D eigenvalue weighted by molar-refractivity contribution is 0.0790. The van der Waals surface area contributed by atoms with Crippen LogP contribution in [0.1, 0.15) is 33.5 Å². The Hall–Kier alpha value is -3.88. The number of aliphatic hydroxyl groups is 1. The van der Waals surface area contributed by atoms with Gasteiger partial charge in [0.1, 0.15) is 0 Å². The van der Waals surface area contributed by atoms with Gasteiger partial charge in [0.25, 0.3) is 5.91 Å². The van der Waals surface area contributed by atoms with Crippen molar-refractivity contribution in [2.24, 2.45) is 0 Å². The Labute approximate surface area is 211 Å². The highest BCUT2D eigenvalue weighted by atomic mass is 16.5. The first-order valence-electron chi connectivity index (χ1n) is 12.1. The normalized spacial score (nSPS) is 12.1. The quantitative estimate of drug-likeness (QED) is 0.254. The molecule has 0 unspecified atom stereocenters. The second kappa shape index (κ2) is 12.2. The minimum absolute atomic E-state index is 0.0700. The molecule has 0 spiro atoms. The molecule has 188 valence electrons. The molecule has 3 aromatic carbocycles. The summed E-state index contributed by atoms with van der Waals surface area (Å²) >= 11 is 0. The fourth-order valence-electron chi connectivity index (χ4n) is 4.23. The Balaban J connectivity index is 1.41. The number of amides is 3. The lowest BCUT2D eigenvalue weighted by atomic mass is 10.1. The van der Waals surface area contributed by atoms with Crippen molar-refractivity contribution in [2.45, 2.75) is 25.8 Å². The highest BCUT2D eigenvalue weighted by Gasteiger charge is 2.17. The minimum atomic E-state index is -0.261. The number of benzene rings is 3. The van der Waals surface area contributed by atoms with E-state index in [9.17, 15) is 9.59 Å². The van der Waals surface area contributed by atoms with Gasteiger partial charge in [0.05, 0.1) is 31.2 Å². The van der Waals surface area contributed by atoms with E-state index in [1.165, 1.54) is 11.1 Å². The molecule has 0 bridgehead atoms. The molecule has 0 aromatic heterocycles. The number of urea groups is 1. The van der Waals surface area contributed by atoms with E-state index in [1.54, 1.807) is 35.2 Å². The maximum Gasteiger partial charge on any atom is 0.322 e. The molecule has 0 heterocycles. The molecule has 4 rings (SSSR count). The van der Waals surface area contributed by atoms with Crippen LogP contribution in [-0.2, 0) is 24.1 Å². The molecule has 0 saturated heterocycles. The van der Waals surface area contributed by atoms with Gasteiger partial charge in [-0.1, -0.05) is 30.3 Å². The summed E-state index contributed by atoms with van der Waals surface area (Å²) in [4.78, 5) is 27.4. The first-order chi connectivity index (χ1) is 17.5. The van der Waals surface area contributed by atoms with Crippen molar-refractivity contribution in [3.05, 3.63) is 89.0 Å². The predicted molar refractivity (Wildman–Crippen MR) is 141 cm³/mol. The molecule has 36 heavy (non-hydrogen) atoms. The summed E-state index contributed by atoms with van der Waals surface area (Å²) in [5.74, 6) is -0.261. The van der Waals surface area contributed by atoms with Crippen molar-refractivity contribution in [3.8, 4) is 0 Å². The van der Waals surface area contributed by atoms with Gasteiger partial charge in [0.2, 0.25) is 0 Å². The summed E-state index contributed by atoms with van der Waals surface area (Å²) in [5, 5.41) is 14.8. The fourth-order valence-corrected chi connectivity index (χ4v) is 4.23. The van der Waals surface area contributed by atoms with Crippen molar-refractivity contribution in [1.29, 1.82) is 0 Å². The summed E-state index contributed by atoms with van der Waals surface area (Å²) in [6.07, 6.45) is 3.27. The second-order valence-electron chi connectivity index (χ2n) is 8.76. The molecule has 0 fully saturated rings. The third kappa shape index (κ3) is 6.62. The number of fused-ring (bicyclic) bond motifs is 1. The number of ether oxygens (including phenoxy) is 1. The minimum Gasteiger partial charge on any atom is -0.397 e. The lowest BCUT2D eigenvalue weighted by Crippen LogP contribution is -2.37. The van der Waals surface area contributed by atoms with Gasteiger partial charge in [-0.25, -0.2) is 4.79 Å². The molecule has 0 aliphatic heterocycles. The summed E-state index contributed by atoms with van der Waals surface area (Å²) in [7, 11) is 0. The number of carbonyl (C=O) groups is 2. The number of nitrogen functional groups attached to an aromatic ring is 1. The molecule has 5 N–H and O–H groups in total. The second-order valence-corrected chi connectivity index (χ2v) is 8.76. The van der Waals surface area contributed by atoms with Crippen LogP contribution in [0.2, 0.25) is 0 Å². The Morgan fingerprint density at radius 1 is 0.944 bits per heavy atom. The van der Waals surface area contributed by atoms with E-state index >= 15 is 0 Å². The molecule has 1 aliphatic carbocycles. The number of anilines is 3. The van der Waals surface area contributed by atoms with Crippen LogP contribution in [0.5, 0.6) is 0 Å². The van der Waals surface area contributed by atoms with E-state index in [4.69, 9.17) is 15.6 Å². The molecule has 0 radical (unpaired) electrons. The standard InChI is InChI=1S/C28H32N4O4/c29-25-6-1-2-7-26(25)31-27(34)22-10-8-20(9-11-22)19-32(14-16-36-17-15-33)28(35)30-24-13-12-21-4-3-5-23(21)18-24/h1-2,6-13,18,33H,3-5,14-17,19,29H2,(H,30,35)(H,31,34). The number of carbonyl (C=O) groups excluding carboxylic acids is 2. The third-order valence-corrected chi connectivity index (χ3v) is 6.18. The smallest absolute Gasteiger partial charge is 0.322 e. The van der Waals surface area contributed by atoms with Gasteiger partial charge < -0.3 is 31.1 Å². The zero-order chi connectivity index (χ0) is 25.3. The fraction of sp³-hybridized carbons (Fsp3) is 0.286. The number of rotatable bonds is 10. The van der Waals surface area contributed by atoms with Crippen molar-refractivity contribution in [3.63, 3.8) is 0 Å². The Bertz CT molecular complexity index is 1200.